The normalized spacial score (nSPS) is 9.71. The molecule has 184 valence electrons. The van der Waals surface area contributed by atoms with E-state index in [1.54, 1.807) is 0 Å². The second-order valence-corrected chi connectivity index (χ2v) is 8.51. The van der Waals surface area contributed by atoms with E-state index in [0.717, 1.165) is 25.7 Å². The molecule has 0 amide bonds. The Morgan fingerprint density at radius 3 is 1.03 bits per heavy atom. The predicted molar refractivity (Wildman–Crippen MR) is 137 cm³/mol. The summed E-state index contributed by atoms with van der Waals surface area (Å²) in [6.45, 7) is 14.3. The molecule has 1 N–H and O–H groups in total. The summed E-state index contributed by atoms with van der Waals surface area (Å²) >= 11 is 0. The molecule has 0 atom stereocenters. The zero-order valence-electron chi connectivity index (χ0n) is 22.0. The summed E-state index contributed by atoms with van der Waals surface area (Å²) in [5, 5.41) is 8.41. The number of unbranched alkanes of at least 4 members (excludes halogenated alkanes) is 18. The van der Waals surface area contributed by atoms with Crippen molar-refractivity contribution in [3.05, 3.63) is 13.8 Å². The van der Waals surface area contributed by atoms with E-state index in [4.69, 9.17) is 5.11 Å². The summed E-state index contributed by atoms with van der Waals surface area (Å²) in [6, 6.07) is 0. The van der Waals surface area contributed by atoms with Gasteiger partial charge in [0.15, 0.2) is 0 Å². The summed E-state index contributed by atoms with van der Waals surface area (Å²) in [5.41, 5.74) is 0. The molecule has 0 radical (unpaired) electrons. The molecule has 0 bridgehead atoms. The van der Waals surface area contributed by atoms with Gasteiger partial charge in [0.2, 0.25) is 0 Å². The fourth-order valence-corrected chi connectivity index (χ4v) is 3.15. The van der Waals surface area contributed by atoms with Crippen LogP contribution in [-0.4, -0.2) is 11.1 Å². The molecule has 31 heavy (non-hydrogen) atoms. The van der Waals surface area contributed by atoms with Crippen molar-refractivity contribution in [1.82, 2.24) is 0 Å². The molecular formula is C28H58O2Zn. The van der Waals surface area contributed by atoms with Crippen molar-refractivity contribution in [2.75, 3.05) is 0 Å². The average molecular weight is 492 g/mol. The van der Waals surface area contributed by atoms with Gasteiger partial charge in [-0.3, -0.25) is 4.79 Å². The zero-order chi connectivity index (χ0) is 23.1. The molecule has 0 saturated heterocycles. The first kappa shape index (κ1) is 38.4. The third kappa shape index (κ3) is 53.4. The predicted octanol–water partition coefficient (Wildman–Crippen LogP) is 10.4. The molecule has 0 aliphatic heterocycles. The summed E-state index contributed by atoms with van der Waals surface area (Å²) in [5.74, 6) is -0.659. The van der Waals surface area contributed by atoms with E-state index in [2.05, 4.69) is 34.6 Å². The maximum absolute atomic E-state index is 10.2. The first-order chi connectivity index (χ1) is 14.6. The molecule has 2 nitrogen and oxygen atoms in total. The summed E-state index contributed by atoms with van der Waals surface area (Å²) in [6.07, 6.45) is 27.4. The van der Waals surface area contributed by atoms with Crippen molar-refractivity contribution in [2.24, 2.45) is 0 Å². The average Bonchev–Trinajstić information content (AvgIpc) is 2.74. The number of carboxylic acid groups (broad SMARTS) is 1. The maximum atomic E-state index is 10.2. The van der Waals surface area contributed by atoms with E-state index in [0.29, 0.717) is 6.42 Å². The minimum Gasteiger partial charge on any atom is -0.481 e. The Balaban J connectivity index is -0.000000185. The van der Waals surface area contributed by atoms with Gasteiger partial charge in [0.1, 0.15) is 0 Å². The number of carboxylic acids is 1. The maximum Gasteiger partial charge on any atom is 2.00 e. The topological polar surface area (TPSA) is 37.3 Å². The van der Waals surface area contributed by atoms with Crippen molar-refractivity contribution in [3.8, 4) is 0 Å². The minimum absolute atomic E-state index is 0. The van der Waals surface area contributed by atoms with E-state index in [1.807, 2.05) is 0 Å². The first-order valence-corrected chi connectivity index (χ1v) is 13.4. The van der Waals surface area contributed by atoms with E-state index in [-0.39, 0.29) is 19.5 Å². The van der Waals surface area contributed by atoms with Crippen LogP contribution in [-0.2, 0) is 24.3 Å². The Morgan fingerprint density at radius 1 is 0.516 bits per heavy atom. The second-order valence-electron chi connectivity index (χ2n) is 8.51. The van der Waals surface area contributed by atoms with Gasteiger partial charge in [-0.05, 0) is 6.42 Å². The van der Waals surface area contributed by atoms with Crippen LogP contribution >= 0.6 is 0 Å². The fourth-order valence-electron chi connectivity index (χ4n) is 3.15. The van der Waals surface area contributed by atoms with Gasteiger partial charge in [-0.25, -0.2) is 0 Å². The van der Waals surface area contributed by atoms with E-state index in [9.17, 15) is 4.79 Å². The third-order valence-electron chi connectivity index (χ3n) is 5.20. The van der Waals surface area contributed by atoms with Gasteiger partial charge < -0.3 is 19.0 Å². The van der Waals surface area contributed by atoms with Crippen molar-refractivity contribution < 1.29 is 29.4 Å². The van der Waals surface area contributed by atoms with Crippen LogP contribution in [0.5, 0.6) is 0 Å². The number of rotatable bonds is 20. The van der Waals surface area contributed by atoms with Gasteiger partial charge in [0.05, 0.1) is 0 Å². The van der Waals surface area contributed by atoms with Crippen molar-refractivity contribution in [3.63, 3.8) is 0 Å². The molecule has 0 saturated carbocycles. The molecule has 0 heterocycles. The van der Waals surface area contributed by atoms with Crippen LogP contribution in [0.2, 0.25) is 0 Å². The van der Waals surface area contributed by atoms with Crippen LogP contribution in [0.1, 0.15) is 162 Å². The smallest absolute Gasteiger partial charge is 0.481 e. The van der Waals surface area contributed by atoms with Gasteiger partial charge >= 0.3 is 25.4 Å². The molecule has 0 unspecified atom stereocenters. The van der Waals surface area contributed by atoms with E-state index < -0.39 is 5.97 Å². The molecule has 0 aromatic rings. The number of carbonyl (C=O) groups is 1. The van der Waals surface area contributed by atoms with E-state index in [1.165, 1.54) is 109 Å². The Bertz CT molecular complexity index is 258. The van der Waals surface area contributed by atoms with Crippen LogP contribution in [0.15, 0.2) is 0 Å². The molecule has 0 rings (SSSR count). The van der Waals surface area contributed by atoms with E-state index >= 15 is 0 Å². The van der Waals surface area contributed by atoms with Gasteiger partial charge in [0.25, 0.3) is 0 Å². The van der Waals surface area contributed by atoms with Crippen molar-refractivity contribution >= 4 is 5.97 Å². The van der Waals surface area contributed by atoms with Gasteiger partial charge in [-0.1, -0.05) is 136 Å². The quantitative estimate of drug-likeness (QED) is 0.104. The molecule has 3 heteroatoms. The van der Waals surface area contributed by atoms with Gasteiger partial charge in [0, 0.05) is 6.42 Å². The van der Waals surface area contributed by atoms with Gasteiger partial charge in [-0.2, -0.15) is 12.8 Å². The van der Waals surface area contributed by atoms with Gasteiger partial charge in [-0.15, -0.1) is 0 Å². The van der Waals surface area contributed by atoms with Crippen LogP contribution in [0.3, 0.4) is 0 Å². The van der Waals surface area contributed by atoms with Crippen LogP contribution in [0, 0.1) is 13.8 Å². The van der Waals surface area contributed by atoms with Crippen LogP contribution < -0.4 is 0 Å². The largest absolute Gasteiger partial charge is 2.00 e. The number of hydrogen-bond acceptors (Lipinski definition) is 1. The molecule has 0 aromatic carbocycles. The van der Waals surface area contributed by atoms with Crippen LogP contribution in [0.4, 0.5) is 0 Å². The fraction of sp³-hybridized carbons (Fsp3) is 0.893. The summed E-state index contributed by atoms with van der Waals surface area (Å²) < 4.78 is 0. The first-order valence-electron chi connectivity index (χ1n) is 13.4. The Morgan fingerprint density at radius 2 is 0.774 bits per heavy atom. The minimum atomic E-state index is -0.659. The molecule has 0 fully saturated rings. The Labute approximate surface area is 210 Å². The number of hydrogen-bond donors (Lipinski definition) is 1. The summed E-state index contributed by atoms with van der Waals surface area (Å²) in [7, 11) is 0. The molecule has 0 aliphatic rings. The van der Waals surface area contributed by atoms with Crippen molar-refractivity contribution in [1.29, 1.82) is 0 Å². The Kier molecular flexibility index (Phi) is 50.1. The number of aliphatic carboxylic acids is 1. The molecule has 0 aromatic heterocycles. The molecule has 0 aliphatic carbocycles. The molecular weight excluding hydrogens is 434 g/mol. The van der Waals surface area contributed by atoms with Crippen LogP contribution in [0.25, 0.3) is 0 Å². The monoisotopic (exact) mass is 490 g/mol. The molecule has 0 spiro atoms. The SMILES string of the molecule is CCCCCCCCCCCC(=O)O.[CH2-]CCCCCCC.[CH2-]CCCCCCC.[Zn+2]. The standard InChI is InChI=1S/C12H24O2.2C8H17.Zn/c1-2-3-4-5-6-7-8-9-10-11-12(13)14;2*1-3-5-7-8-6-4-2;/h2-11H2,1H3,(H,13,14);2*1,3-8H2,2H3;/q;2*-1;+2. The third-order valence-corrected chi connectivity index (χ3v) is 5.20. The Hall–Kier alpha value is 0.0934. The zero-order valence-corrected chi connectivity index (χ0v) is 25.0. The van der Waals surface area contributed by atoms with Crippen molar-refractivity contribution in [2.45, 2.75) is 162 Å². The second kappa shape index (κ2) is 40.5. The summed E-state index contributed by atoms with van der Waals surface area (Å²) in [4.78, 5) is 10.2.